The first kappa shape index (κ1) is 12.6. The lowest BCUT2D eigenvalue weighted by Gasteiger charge is -2.36. The molecule has 0 fully saturated rings. The molecule has 4 nitrogen and oxygen atoms in total. The molecule has 0 unspecified atom stereocenters. The molecule has 0 radical (unpaired) electrons. The number of carboxylic acid groups (broad SMARTS) is 1. The summed E-state index contributed by atoms with van der Waals surface area (Å²) in [5, 5.41) is 9.59. The van der Waals surface area contributed by atoms with E-state index in [2.05, 4.69) is 0 Å². The van der Waals surface area contributed by atoms with Gasteiger partial charge >= 0.3 is 5.97 Å². The second-order valence-corrected chi connectivity index (χ2v) is 4.72. The monoisotopic (exact) mass is 247 g/mol. The van der Waals surface area contributed by atoms with E-state index in [4.69, 9.17) is 0 Å². The van der Waals surface area contributed by atoms with Crippen LogP contribution in [-0.2, 0) is 22.4 Å². The molecule has 0 saturated carbocycles. The summed E-state index contributed by atoms with van der Waals surface area (Å²) in [5.41, 5.74) is 0.948. The first-order valence-corrected chi connectivity index (χ1v) is 6.09. The zero-order valence-electron chi connectivity index (χ0n) is 10.6. The Morgan fingerprint density at radius 3 is 2.11 bits per heavy atom. The molecule has 1 aromatic carbocycles. The molecule has 1 aliphatic carbocycles. The van der Waals surface area contributed by atoms with Crippen LogP contribution in [-0.4, -0.2) is 34.0 Å². The van der Waals surface area contributed by atoms with Gasteiger partial charge in [0.05, 0.1) is 0 Å². The molecule has 0 spiro atoms. The van der Waals surface area contributed by atoms with Gasteiger partial charge in [-0.25, -0.2) is 4.79 Å². The molecule has 0 bridgehead atoms. The molecule has 0 aromatic heterocycles. The average Bonchev–Trinajstić information content (AvgIpc) is 2.69. The summed E-state index contributed by atoms with van der Waals surface area (Å²) in [5.74, 6) is -1.11. The Kier molecular flexibility index (Phi) is 3.11. The van der Waals surface area contributed by atoms with E-state index in [-0.39, 0.29) is 5.91 Å². The van der Waals surface area contributed by atoms with Crippen LogP contribution in [0, 0.1) is 0 Å². The minimum Gasteiger partial charge on any atom is -0.479 e. The zero-order chi connectivity index (χ0) is 13.3. The lowest BCUT2D eigenvalue weighted by Crippen LogP contribution is -2.57. The van der Waals surface area contributed by atoms with Gasteiger partial charge in [-0.3, -0.25) is 4.79 Å². The number of likely N-dealkylation sites (N-methyl/N-ethyl adjacent to an activating group) is 1. The summed E-state index contributed by atoms with van der Waals surface area (Å²) >= 11 is 0. The molecule has 0 saturated heterocycles. The largest absolute Gasteiger partial charge is 0.479 e. The van der Waals surface area contributed by atoms with Crippen LogP contribution < -0.4 is 0 Å². The molecule has 0 atom stereocenters. The number of carbonyl (C=O) groups is 2. The van der Waals surface area contributed by atoms with Crippen molar-refractivity contribution in [2.24, 2.45) is 0 Å². The molecule has 0 heterocycles. The lowest BCUT2D eigenvalue weighted by molar-refractivity contribution is -0.157. The number of nitrogens with zero attached hydrogens (tertiary/aromatic N) is 1. The van der Waals surface area contributed by atoms with Crippen LogP contribution in [0.5, 0.6) is 0 Å². The molecule has 0 aliphatic heterocycles. The molecule has 4 heteroatoms. The van der Waals surface area contributed by atoms with E-state index in [0.29, 0.717) is 19.4 Å². The smallest absolute Gasteiger partial charge is 0.330 e. The summed E-state index contributed by atoms with van der Waals surface area (Å²) in [6.45, 7) is 3.65. The van der Waals surface area contributed by atoms with Crippen LogP contribution in [0.2, 0.25) is 0 Å². The number of hydrogen-bond acceptors (Lipinski definition) is 2. The van der Waals surface area contributed by atoms with Gasteiger partial charge in [0.25, 0.3) is 0 Å². The molecule has 1 amide bonds. The van der Waals surface area contributed by atoms with Gasteiger partial charge in [0, 0.05) is 26.3 Å². The fourth-order valence-electron chi connectivity index (χ4n) is 2.88. The van der Waals surface area contributed by atoms with Crippen molar-refractivity contribution in [1.29, 1.82) is 0 Å². The van der Waals surface area contributed by atoms with Crippen LogP contribution in [0.15, 0.2) is 24.3 Å². The molecular formula is C14H17NO3. The van der Waals surface area contributed by atoms with Crippen molar-refractivity contribution in [2.75, 3.05) is 6.54 Å². The van der Waals surface area contributed by atoms with Gasteiger partial charge in [0.2, 0.25) is 5.91 Å². The van der Waals surface area contributed by atoms with E-state index < -0.39 is 11.5 Å². The van der Waals surface area contributed by atoms with Crippen molar-refractivity contribution in [3.63, 3.8) is 0 Å². The Bertz CT molecular complexity index is 471. The third-order valence-electron chi connectivity index (χ3n) is 3.70. The van der Waals surface area contributed by atoms with Gasteiger partial charge in [0.15, 0.2) is 0 Å². The molecule has 96 valence electrons. The van der Waals surface area contributed by atoms with Crippen LogP contribution in [0.4, 0.5) is 0 Å². The molecule has 1 aromatic rings. The number of aliphatic carboxylic acids is 1. The number of amides is 1. The van der Waals surface area contributed by atoms with Crippen LogP contribution in [0.25, 0.3) is 0 Å². The van der Waals surface area contributed by atoms with E-state index in [9.17, 15) is 14.7 Å². The molecule has 2 rings (SSSR count). The summed E-state index contributed by atoms with van der Waals surface area (Å²) in [4.78, 5) is 24.9. The third kappa shape index (κ3) is 1.78. The van der Waals surface area contributed by atoms with Gasteiger partial charge in [-0.2, -0.15) is 0 Å². The van der Waals surface area contributed by atoms with E-state index in [0.717, 1.165) is 11.1 Å². The topological polar surface area (TPSA) is 57.6 Å². The first-order chi connectivity index (χ1) is 8.51. The van der Waals surface area contributed by atoms with Gasteiger partial charge in [-0.05, 0) is 18.1 Å². The van der Waals surface area contributed by atoms with E-state index >= 15 is 0 Å². The predicted octanol–water partition coefficient (Wildman–Crippen LogP) is 1.48. The highest BCUT2D eigenvalue weighted by molar-refractivity contribution is 5.87. The van der Waals surface area contributed by atoms with Gasteiger partial charge in [0.1, 0.15) is 5.54 Å². The van der Waals surface area contributed by atoms with Gasteiger partial charge < -0.3 is 10.0 Å². The summed E-state index contributed by atoms with van der Waals surface area (Å²) in [7, 11) is 0. The number of fused-ring (bicyclic) bond motifs is 1. The average molecular weight is 247 g/mol. The van der Waals surface area contributed by atoms with Gasteiger partial charge in [-0.15, -0.1) is 0 Å². The highest BCUT2D eigenvalue weighted by Gasteiger charge is 2.49. The van der Waals surface area contributed by atoms with Crippen LogP contribution >= 0.6 is 0 Å². The van der Waals surface area contributed by atoms with Crippen molar-refractivity contribution in [1.82, 2.24) is 4.90 Å². The van der Waals surface area contributed by atoms with Crippen LogP contribution in [0.3, 0.4) is 0 Å². The number of carbonyl (C=O) groups excluding carboxylic acids is 1. The Hall–Kier alpha value is -1.84. The molecule has 1 N–H and O–H groups in total. The maximum Gasteiger partial charge on any atom is 0.330 e. The molecule has 1 aliphatic rings. The number of hydrogen-bond donors (Lipinski definition) is 1. The summed E-state index contributed by atoms with van der Waals surface area (Å²) in [6.07, 6.45) is 0.790. The van der Waals surface area contributed by atoms with Crippen molar-refractivity contribution >= 4 is 11.9 Å². The van der Waals surface area contributed by atoms with E-state index in [1.54, 1.807) is 0 Å². The zero-order valence-corrected chi connectivity index (χ0v) is 10.6. The number of rotatable bonds is 3. The molecular weight excluding hydrogens is 230 g/mol. The minimum absolute atomic E-state index is 0.187. The predicted molar refractivity (Wildman–Crippen MR) is 67.3 cm³/mol. The Labute approximate surface area is 106 Å². The number of carboxylic acids is 1. The van der Waals surface area contributed by atoms with Crippen molar-refractivity contribution < 1.29 is 14.7 Å². The Balaban J connectivity index is 2.44. The normalized spacial score (nSPS) is 16.1. The number of benzene rings is 1. The second-order valence-electron chi connectivity index (χ2n) is 4.72. The highest BCUT2D eigenvalue weighted by Crippen LogP contribution is 2.35. The Morgan fingerprint density at radius 1 is 1.28 bits per heavy atom. The summed E-state index contributed by atoms with van der Waals surface area (Å²) < 4.78 is 0. The fourth-order valence-corrected chi connectivity index (χ4v) is 2.88. The van der Waals surface area contributed by atoms with Crippen molar-refractivity contribution in [3.8, 4) is 0 Å². The molecule has 18 heavy (non-hydrogen) atoms. The second kappa shape index (κ2) is 4.44. The third-order valence-corrected chi connectivity index (χ3v) is 3.70. The summed E-state index contributed by atoms with van der Waals surface area (Å²) in [6, 6.07) is 7.68. The minimum atomic E-state index is -1.11. The maximum absolute atomic E-state index is 11.7. The highest BCUT2D eigenvalue weighted by atomic mass is 16.4. The SMILES string of the molecule is CCN(C(C)=O)C1(C(=O)O)Cc2ccccc2C1. The Morgan fingerprint density at radius 2 is 1.78 bits per heavy atom. The van der Waals surface area contributed by atoms with Crippen LogP contribution in [0.1, 0.15) is 25.0 Å². The van der Waals surface area contributed by atoms with Gasteiger partial charge in [-0.1, -0.05) is 24.3 Å². The first-order valence-electron chi connectivity index (χ1n) is 6.09. The fraction of sp³-hybridized carbons (Fsp3) is 0.429. The quantitative estimate of drug-likeness (QED) is 0.880. The standard InChI is InChI=1S/C14H17NO3/c1-3-15(10(2)16)14(13(17)18)8-11-6-4-5-7-12(11)9-14/h4-7H,3,8-9H2,1-2H3,(H,17,18). The van der Waals surface area contributed by atoms with Crippen molar-refractivity contribution in [3.05, 3.63) is 35.4 Å². The maximum atomic E-state index is 11.7. The van der Waals surface area contributed by atoms with E-state index in [1.807, 2.05) is 31.2 Å². The van der Waals surface area contributed by atoms with E-state index in [1.165, 1.54) is 11.8 Å². The lowest BCUT2D eigenvalue weighted by atomic mass is 9.93. The van der Waals surface area contributed by atoms with Crippen molar-refractivity contribution in [2.45, 2.75) is 32.2 Å².